The Kier molecular flexibility index (Phi) is 3.94. The summed E-state index contributed by atoms with van der Waals surface area (Å²) in [7, 11) is 0. The van der Waals surface area contributed by atoms with Gasteiger partial charge in [-0.2, -0.15) is 0 Å². The third-order valence-electron chi connectivity index (χ3n) is 3.58. The summed E-state index contributed by atoms with van der Waals surface area (Å²) in [6.07, 6.45) is -0.0461. The van der Waals surface area contributed by atoms with Gasteiger partial charge < -0.3 is 10.8 Å². The predicted molar refractivity (Wildman–Crippen MR) is 64.9 cm³/mol. The lowest BCUT2D eigenvalue weighted by molar-refractivity contribution is 0.152. The van der Waals surface area contributed by atoms with Crippen LogP contribution >= 0.6 is 0 Å². The normalized spacial score (nSPS) is 24.2. The molecule has 1 saturated heterocycles. The van der Waals surface area contributed by atoms with Crippen molar-refractivity contribution in [2.75, 3.05) is 13.1 Å². The van der Waals surface area contributed by atoms with Crippen LogP contribution in [0.1, 0.15) is 24.8 Å². The molecule has 0 radical (unpaired) electrons. The first-order valence-corrected chi connectivity index (χ1v) is 6.11. The summed E-state index contributed by atoms with van der Waals surface area (Å²) >= 11 is 0. The summed E-state index contributed by atoms with van der Waals surface area (Å²) in [6, 6.07) is 3.54. The second-order valence-electron chi connectivity index (χ2n) is 4.88. The summed E-state index contributed by atoms with van der Waals surface area (Å²) in [5, 5.41) is 9.47. The molecule has 1 aromatic carbocycles. The minimum atomic E-state index is -0.589. The third kappa shape index (κ3) is 2.68. The van der Waals surface area contributed by atoms with E-state index in [0.717, 1.165) is 6.07 Å². The number of aliphatic hydroxyl groups is 1. The van der Waals surface area contributed by atoms with Gasteiger partial charge in [0, 0.05) is 25.1 Å². The van der Waals surface area contributed by atoms with Gasteiger partial charge in [-0.15, -0.1) is 0 Å². The van der Waals surface area contributed by atoms with E-state index in [1.807, 2.05) is 11.8 Å². The van der Waals surface area contributed by atoms with Crippen LogP contribution in [0.4, 0.5) is 8.78 Å². The van der Waals surface area contributed by atoms with E-state index in [1.54, 1.807) is 0 Å². The molecule has 3 N–H and O–H groups in total. The smallest absolute Gasteiger partial charge is 0.129 e. The van der Waals surface area contributed by atoms with E-state index in [9.17, 15) is 13.9 Å². The van der Waals surface area contributed by atoms with Gasteiger partial charge in [0.2, 0.25) is 0 Å². The number of hydrogen-bond acceptors (Lipinski definition) is 3. The van der Waals surface area contributed by atoms with Crippen LogP contribution in [0.25, 0.3) is 0 Å². The number of benzene rings is 1. The van der Waals surface area contributed by atoms with Gasteiger partial charge in [-0.1, -0.05) is 13.0 Å². The molecule has 0 saturated carbocycles. The van der Waals surface area contributed by atoms with Crippen molar-refractivity contribution in [3.63, 3.8) is 0 Å². The summed E-state index contributed by atoms with van der Waals surface area (Å²) < 4.78 is 26.5. The van der Waals surface area contributed by atoms with Gasteiger partial charge >= 0.3 is 0 Å². The standard InChI is InChI=1S/C13H18F2N2O/c1-8(11-3-2-9(14)6-12(11)15)13(16)17-5-4-10(18)7-17/h2-3,6,8,10,13,18H,4-5,7,16H2,1H3/t8-,10-,13?/m0/s1. The number of rotatable bonds is 3. The average Bonchev–Trinajstić information content (AvgIpc) is 2.74. The number of halogens is 2. The zero-order valence-electron chi connectivity index (χ0n) is 10.3. The van der Waals surface area contributed by atoms with Crippen molar-refractivity contribution in [1.29, 1.82) is 0 Å². The Labute approximate surface area is 105 Å². The van der Waals surface area contributed by atoms with Crippen LogP contribution in [-0.2, 0) is 0 Å². The molecule has 0 aliphatic carbocycles. The highest BCUT2D eigenvalue weighted by Gasteiger charge is 2.29. The van der Waals surface area contributed by atoms with Crippen molar-refractivity contribution >= 4 is 0 Å². The summed E-state index contributed by atoms with van der Waals surface area (Å²) in [4.78, 5) is 1.93. The van der Waals surface area contributed by atoms with Crippen molar-refractivity contribution in [3.05, 3.63) is 35.4 Å². The molecule has 1 aliphatic rings. The van der Waals surface area contributed by atoms with Crippen molar-refractivity contribution in [2.45, 2.75) is 31.5 Å². The lowest BCUT2D eigenvalue weighted by Gasteiger charge is -2.29. The van der Waals surface area contributed by atoms with Gasteiger partial charge in [-0.25, -0.2) is 8.78 Å². The van der Waals surface area contributed by atoms with E-state index in [2.05, 4.69) is 0 Å². The fourth-order valence-corrected chi connectivity index (χ4v) is 2.41. The molecule has 1 aliphatic heterocycles. The zero-order chi connectivity index (χ0) is 13.3. The number of β-amino-alcohol motifs (C(OH)–C–C–N with tert-alkyl or cyclic N) is 1. The SMILES string of the molecule is C[C@@H](c1ccc(F)cc1F)C(N)N1CC[C@H](O)C1. The summed E-state index contributed by atoms with van der Waals surface area (Å²) in [5.74, 6) is -1.41. The maximum Gasteiger partial charge on any atom is 0.129 e. The van der Waals surface area contributed by atoms with Crippen LogP contribution in [0.5, 0.6) is 0 Å². The molecular formula is C13H18F2N2O. The van der Waals surface area contributed by atoms with Gasteiger partial charge in [-0.05, 0) is 18.1 Å². The summed E-state index contributed by atoms with van der Waals surface area (Å²) in [6.45, 7) is 3.02. The largest absolute Gasteiger partial charge is 0.392 e. The van der Waals surface area contributed by atoms with Crippen LogP contribution in [0, 0.1) is 11.6 Å². The molecule has 0 amide bonds. The lowest BCUT2D eigenvalue weighted by atomic mass is 9.97. The first-order chi connectivity index (χ1) is 8.49. The molecule has 1 unspecified atom stereocenters. The first kappa shape index (κ1) is 13.4. The molecule has 1 aromatic rings. The minimum Gasteiger partial charge on any atom is -0.392 e. The van der Waals surface area contributed by atoms with Crippen molar-refractivity contribution in [1.82, 2.24) is 4.90 Å². The molecule has 3 nitrogen and oxygen atoms in total. The Balaban J connectivity index is 2.12. The molecule has 0 aromatic heterocycles. The number of likely N-dealkylation sites (tertiary alicyclic amines) is 1. The van der Waals surface area contributed by atoms with E-state index in [0.29, 0.717) is 25.1 Å². The highest BCUT2D eigenvalue weighted by molar-refractivity contribution is 5.23. The molecule has 2 rings (SSSR count). The maximum atomic E-state index is 13.7. The molecule has 3 atom stereocenters. The highest BCUT2D eigenvalue weighted by atomic mass is 19.1. The number of aliphatic hydroxyl groups excluding tert-OH is 1. The van der Waals surface area contributed by atoms with E-state index < -0.39 is 11.6 Å². The van der Waals surface area contributed by atoms with Gasteiger partial charge in [0.15, 0.2) is 0 Å². The van der Waals surface area contributed by atoms with Gasteiger partial charge in [-0.3, -0.25) is 4.90 Å². The molecule has 0 spiro atoms. The van der Waals surface area contributed by atoms with Crippen molar-refractivity contribution in [2.24, 2.45) is 5.73 Å². The molecule has 1 fully saturated rings. The van der Waals surface area contributed by atoms with E-state index >= 15 is 0 Å². The Morgan fingerprint density at radius 1 is 1.44 bits per heavy atom. The van der Waals surface area contributed by atoms with Crippen molar-refractivity contribution < 1.29 is 13.9 Å². The van der Waals surface area contributed by atoms with Crippen molar-refractivity contribution in [3.8, 4) is 0 Å². The highest BCUT2D eigenvalue weighted by Crippen LogP contribution is 2.25. The third-order valence-corrected chi connectivity index (χ3v) is 3.58. The minimum absolute atomic E-state index is 0.254. The maximum absolute atomic E-state index is 13.7. The lowest BCUT2D eigenvalue weighted by Crippen LogP contribution is -2.44. The molecular weight excluding hydrogens is 238 g/mol. The first-order valence-electron chi connectivity index (χ1n) is 6.11. The quantitative estimate of drug-likeness (QED) is 0.860. The molecule has 0 bridgehead atoms. The van der Waals surface area contributed by atoms with Gasteiger partial charge in [0.25, 0.3) is 0 Å². The molecule has 5 heteroatoms. The van der Waals surface area contributed by atoms with Crippen LogP contribution in [-0.4, -0.2) is 35.4 Å². The monoisotopic (exact) mass is 256 g/mol. The van der Waals surface area contributed by atoms with E-state index in [1.165, 1.54) is 12.1 Å². The van der Waals surface area contributed by atoms with Crippen LogP contribution in [0.3, 0.4) is 0 Å². The number of hydrogen-bond donors (Lipinski definition) is 2. The van der Waals surface area contributed by atoms with Crippen LogP contribution in [0.15, 0.2) is 18.2 Å². The van der Waals surface area contributed by atoms with E-state index in [4.69, 9.17) is 5.73 Å². The Morgan fingerprint density at radius 2 is 2.17 bits per heavy atom. The Hall–Kier alpha value is -1.04. The second-order valence-corrected chi connectivity index (χ2v) is 4.88. The number of nitrogens with two attached hydrogens (primary N) is 1. The van der Waals surface area contributed by atoms with E-state index in [-0.39, 0.29) is 18.2 Å². The summed E-state index contributed by atoms with van der Waals surface area (Å²) in [5.41, 5.74) is 6.49. The Morgan fingerprint density at radius 3 is 2.72 bits per heavy atom. The average molecular weight is 256 g/mol. The molecule has 18 heavy (non-hydrogen) atoms. The van der Waals surface area contributed by atoms with Crippen LogP contribution < -0.4 is 5.73 Å². The fraction of sp³-hybridized carbons (Fsp3) is 0.538. The van der Waals surface area contributed by atoms with Gasteiger partial charge in [0.1, 0.15) is 11.6 Å². The zero-order valence-corrected chi connectivity index (χ0v) is 10.3. The molecule has 1 heterocycles. The topological polar surface area (TPSA) is 49.5 Å². The Bertz CT molecular complexity index is 427. The predicted octanol–water partition coefficient (Wildman–Crippen LogP) is 1.42. The molecule has 100 valence electrons. The van der Waals surface area contributed by atoms with Gasteiger partial charge in [0.05, 0.1) is 12.3 Å². The van der Waals surface area contributed by atoms with Crippen LogP contribution in [0.2, 0.25) is 0 Å². The number of nitrogens with zero attached hydrogens (tertiary/aromatic N) is 1. The fourth-order valence-electron chi connectivity index (χ4n) is 2.41. The second kappa shape index (κ2) is 5.30.